The third kappa shape index (κ3) is 4.65. The standard InChI is InChI=1S/C15H18F3N5OS/c1-9(24)22-14-21-5-12(25-14)7-23-6-10(15(17,18)8-23)2-13-19-3-11(16)4-20-13/h3-5,9-10,24H,2,6-8H2,1H3,(H,21,22). The molecule has 0 amide bonds. The molecular formula is C15H18F3N5OS. The number of rotatable bonds is 6. The Bertz CT molecular complexity index is 709. The van der Waals surface area contributed by atoms with Gasteiger partial charge in [-0.25, -0.2) is 28.1 Å². The number of alkyl halides is 2. The molecule has 2 aromatic rings. The summed E-state index contributed by atoms with van der Waals surface area (Å²) in [6, 6.07) is 0. The van der Waals surface area contributed by atoms with Crippen molar-refractivity contribution in [2.45, 2.75) is 32.0 Å². The summed E-state index contributed by atoms with van der Waals surface area (Å²) < 4.78 is 41.4. The fourth-order valence-corrected chi connectivity index (χ4v) is 3.72. The van der Waals surface area contributed by atoms with Crippen LogP contribution >= 0.6 is 11.3 Å². The summed E-state index contributed by atoms with van der Waals surface area (Å²) in [5.41, 5.74) is 0. The van der Waals surface area contributed by atoms with Crippen molar-refractivity contribution in [1.82, 2.24) is 19.9 Å². The highest BCUT2D eigenvalue weighted by molar-refractivity contribution is 7.15. The SMILES string of the molecule is CC(O)Nc1ncc(CN2CC(Cc3ncc(F)cn3)C(F)(F)C2)s1. The molecule has 2 atom stereocenters. The van der Waals surface area contributed by atoms with E-state index in [1.165, 1.54) is 11.3 Å². The minimum atomic E-state index is -2.86. The van der Waals surface area contributed by atoms with Gasteiger partial charge in [-0.2, -0.15) is 0 Å². The van der Waals surface area contributed by atoms with Crippen LogP contribution in [0.25, 0.3) is 0 Å². The van der Waals surface area contributed by atoms with Crippen molar-refractivity contribution in [1.29, 1.82) is 0 Å². The molecule has 10 heteroatoms. The van der Waals surface area contributed by atoms with Crippen LogP contribution in [0.4, 0.5) is 18.3 Å². The third-order valence-corrected chi connectivity index (χ3v) is 4.79. The van der Waals surface area contributed by atoms with E-state index in [2.05, 4.69) is 20.3 Å². The number of thiazole rings is 1. The lowest BCUT2D eigenvalue weighted by molar-refractivity contribution is -0.0275. The van der Waals surface area contributed by atoms with Gasteiger partial charge in [-0.15, -0.1) is 11.3 Å². The van der Waals surface area contributed by atoms with Crippen LogP contribution in [0, 0.1) is 11.7 Å². The predicted molar refractivity (Wildman–Crippen MR) is 86.8 cm³/mol. The van der Waals surface area contributed by atoms with Gasteiger partial charge in [0.15, 0.2) is 10.9 Å². The van der Waals surface area contributed by atoms with Gasteiger partial charge < -0.3 is 10.4 Å². The summed E-state index contributed by atoms with van der Waals surface area (Å²) in [7, 11) is 0. The maximum Gasteiger partial charge on any atom is 0.264 e. The highest BCUT2D eigenvalue weighted by Crippen LogP contribution is 2.36. The van der Waals surface area contributed by atoms with Gasteiger partial charge >= 0.3 is 0 Å². The first-order chi connectivity index (χ1) is 11.8. The molecule has 0 saturated carbocycles. The second kappa shape index (κ2) is 7.22. The largest absolute Gasteiger partial charge is 0.374 e. The average molecular weight is 373 g/mol. The Balaban J connectivity index is 1.61. The van der Waals surface area contributed by atoms with Crippen molar-refractivity contribution >= 4 is 16.5 Å². The van der Waals surface area contributed by atoms with E-state index in [1.54, 1.807) is 18.0 Å². The van der Waals surface area contributed by atoms with Gasteiger partial charge in [0.25, 0.3) is 5.92 Å². The van der Waals surface area contributed by atoms with Crippen molar-refractivity contribution in [3.63, 3.8) is 0 Å². The zero-order valence-electron chi connectivity index (χ0n) is 13.5. The molecule has 25 heavy (non-hydrogen) atoms. The van der Waals surface area contributed by atoms with Gasteiger partial charge in [0, 0.05) is 36.5 Å². The van der Waals surface area contributed by atoms with E-state index in [1.807, 2.05) is 0 Å². The molecule has 2 aromatic heterocycles. The van der Waals surface area contributed by atoms with Gasteiger partial charge in [0.2, 0.25) is 0 Å². The van der Waals surface area contributed by atoms with E-state index < -0.39 is 23.9 Å². The lowest BCUT2D eigenvalue weighted by atomic mass is 10.0. The fourth-order valence-electron chi connectivity index (χ4n) is 2.78. The van der Waals surface area contributed by atoms with Crippen molar-refractivity contribution in [3.05, 3.63) is 35.1 Å². The van der Waals surface area contributed by atoms with Crippen LogP contribution in [-0.2, 0) is 13.0 Å². The molecule has 3 heterocycles. The lowest BCUT2D eigenvalue weighted by Crippen LogP contribution is -2.29. The number of nitrogens with one attached hydrogen (secondary N) is 1. The van der Waals surface area contributed by atoms with E-state index in [4.69, 9.17) is 0 Å². The van der Waals surface area contributed by atoms with E-state index in [-0.39, 0.29) is 25.3 Å². The van der Waals surface area contributed by atoms with Crippen LogP contribution in [0.2, 0.25) is 0 Å². The van der Waals surface area contributed by atoms with Crippen molar-refractivity contribution in [2.24, 2.45) is 5.92 Å². The smallest absolute Gasteiger partial charge is 0.264 e. The van der Waals surface area contributed by atoms with Crippen molar-refractivity contribution < 1.29 is 18.3 Å². The Hall–Kier alpha value is -1.78. The molecule has 0 radical (unpaired) electrons. The summed E-state index contributed by atoms with van der Waals surface area (Å²) in [6.45, 7) is 1.78. The first-order valence-corrected chi connectivity index (χ1v) is 8.59. The Kier molecular flexibility index (Phi) is 5.21. The highest BCUT2D eigenvalue weighted by Gasteiger charge is 2.48. The molecule has 0 aromatic carbocycles. The number of aliphatic hydroxyl groups is 1. The van der Waals surface area contributed by atoms with Crippen LogP contribution in [0.5, 0.6) is 0 Å². The molecule has 1 saturated heterocycles. The van der Waals surface area contributed by atoms with E-state index in [0.29, 0.717) is 11.7 Å². The molecule has 6 nitrogen and oxygen atoms in total. The Morgan fingerprint density at radius 1 is 1.36 bits per heavy atom. The number of nitrogens with zero attached hydrogens (tertiary/aromatic N) is 4. The first-order valence-electron chi connectivity index (χ1n) is 7.78. The quantitative estimate of drug-likeness (QED) is 0.756. The number of anilines is 1. The minimum absolute atomic E-state index is 0.00129. The molecular weight excluding hydrogens is 355 g/mol. The van der Waals surface area contributed by atoms with Gasteiger partial charge in [-0.1, -0.05) is 0 Å². The first kappa shape index (κ1) is 18.0. The monoisotopic (exact) mass is 373 g/mol. The summed E-state index contributed by atoms with van der Waals surface area (Å²) in [5.74, 6) is -4.14. The number of halogens is 3. The summed E-state index contributed by atoms with van der Waals surface area (Å²) in [4.78, 5) is 14.1. The molecule has 3 rings (SSSR count). The van der Waals surface area contributed by atoms with Gasteiger partial charge in [0.1, 0.15) is 12.1 Å². The maximum atomic E-state index is 14.3. The molecule has 2 N–H and O–H groups in total. The van der Waals surface area contributed by atoms with E-state index in [9.17, 15) is 18.3 Å². The lowest BCUT2D eigenvalue weighted by Gasteiger charge is -2.16. The van der Waals surface area contributed by atoms with Crippen LogP contribution in [0.15, 0.2) is 18.6 Å². The molecule has 1 aliphatic rings. The Morgan fingerprint density at radius 3 is 2.76 bits per heavy atom. The maximum absolute atomic E-state index is 14.3. The van der Waals surface area contributed by atoms with Gasteiger partial charge in [-0.05, 0) is 6.92 Å². The van der Waals surface area contributed by atoms with Crippen molar-refractivity contribution in [3.8, 4) is 0 Å². The number of hydrogen-bond donors (Lipinski definition) is 2. The van der Waals surface area contributed by atoms with Gasteiger partial charge in [0.05, 0.1) is 18.9 Å². The molecule has 1 aliphatic heterocycles. The Labute approximate surface area is 146 Å². The molecule has 136 valence electrons. The van der Waals surface area contributed by atoms with Crippen LogP contribution in [0.1, 0.15) is 17.6 Å². The number of aromatic nitrogens is 3. The normalized spacial score (nSPS) is 21.4. The van der Waals surface area contributed by atoms with Crippen LogP contribution < -0.4 is 5.32 Å². The topological polar surface area (TPSA) is 74.2 Å². The molecule has 2 unspecified atom stereocenters. The second-order valence-electron chi connectivity index (χ2n) is 6.10. The number of hydrogen-bond acceptors (Lipinski definition) is 7. The van der Waals surface area contributed by atoms with Crippen LogP contribution in [-0.4, -0.2) is 50.2 Å². The zero-order valence-corrected chi connectivity index (χ0v) is 14.3. The number of likely N-dealkylation sites (tertiary alicyclic amines) is 1. The second-order valence-corrected chi connectivity index (χ2v) is 7.22. The number of aliphatic hydroxyl groups excluding tert-OH is 1. The summed E-state index contributed by atoms with van der Waals surface area (Å²) in [6.07, 6.45) is 2.86. The van der Waals surface area contributed by atoms with E-state index >= 15 is 0 Å². The predicted octanol–water partition coefficient (Wildman–Crippen LogP) is 2.13. The fraction of sp³-hybridized carbons (Fsp3) is 0.533. The van der Waals surface area contributed by atoms with E-state index in [0.717, 1.165) is 17.3 Å². The minimum Gasteiger partial charge on any atom is -0.374 e. The third-order valence-electron chi connectivity index (χ3n) is 3.88. The molecule has 0 spiro atoms. The Morgan fingerprint density at radius 2 is 2.08 bits per heavy atom. The van der Waals surface area contributed by atoms with Crippen molar-refractivity contribution in [2.75, 3.05) is 18.4 Å². The van der Waals surface area contributed by atoms with Gasteiger partial charge in [-0.3, -0.25) is 4.90 Å². The molecule has 0 bridgehead atoms. The van der Waals surface area contributed by atoms with Crippen LogP contribution in [0.3, 0.4) is 0 Å². The average Bonchev–Trinajstić information content (AvgIpc) is 3.05. The summed E-state index contributed by atoms with van der Waals surface area (Å²) in [5, 5.41) is 12.6. The zero-order chi connectivity index (χ0) is 18.0. The highest BCUT2D eigenvalue weighted by atomic mass is 32.1. The summed E-state index contributed by atoms with van der Waals surface area (Å²) >= 11 is 1.32. The molecule has 1 fully saturated rings. The molecule has 0 aliphatic carbocycles.